The van der Waals surface area contributed by atoms with Crippen LogP contribution in [0.5, 0.6) is 0 Å². The lowest BCUT2D eigenvalue weighted by Gasteiger charge is -2.36. The smallest absolute Gasteiger partial charge is 0.156 e. The molecule has 124 valence electrons. The lowest BCUT2D eigenvalue weighted by molar-refractivity contribution is -0.116. The molecule has 1 saturated carbocycles. The van der Waals surface area contributed by atoms with Crippen molar-refractivity contribution in [3.8, 4) is 0 Å². The average Bonchev–Trinajstić information content (AvgIpc) is 2.42. The third kappa shape index (κ3) is 4.83. The molecule has 3 unspecified atom stereocenters. The first-order valence-corrected chi connectivity index (χ1v) is 9.28. The molecule has 2 aliphatic carbocycles. The topological polar surface area (TPSA) is 17.1 Å². The van der Waals surface area contributed by atoms with E-state index in [1.165, 1.54) is 25.7 Å². The van der Waals surface area contributed by atoms with Crippen LogP contribution in [0, 0.1) is 29.1 Å². The molecule has 1 heteroatoms. The largest absolute Gasteiger partial charge is 0.295 e. The van der Waals surface area contributed by atoms with Crippen molar-refractivity contribution in [2.75, 3.05) is 0 Å². The molecule has 2 aliphatic rings. The molecule has 0 radical (unpaired) electrons. The molecule has 0 aliphatic heterocycles. The normalized spacial score (nSPS) is 39.0. The lowest BCUT2D eigenvalue weighted by Crippen LogP contribution is -2.27. The minimum Gasteiger partial charge on any atom is -0.295 e. The second kappa shape index (κ2) is 7.62. The Hall–Kier alpha value is -0.850. The first-order chi connectivity index (χ1) is 10.4. The van der Waals surface area contributed by atoms with Crippen LogP contribution in [-0.4, -0.2) is 5.78 Å². The molecule has 0 spiro atoms. The molecule has 1 nitrogen and oxygen atoms in total. The Morgan fingerprint density at radius 2 is 2.09 bits per heavy atom. The third-order valence-electron chi connectivity index (χ3n) is 5.82. The highest BCUT2D eigenvalue weighted by Crippen LogP contribution is 2.40. The van der Waals surface area contributed by atoms with E-state index in [4.69, 9.17) is 0 Å². The van der Waals surface area contributed by atoms with Crippen LogP contribution in [0.25, 0.3) is 0 Å². The van der Waals surface area contributed by atoms with Gasteiger partial charge in [0.25, 0.3) is 0 Å². The van der Waals surface area contributed by atoms with Gasteiger partial charge in [0.1, 0.15) is 0 Å². The third-order valence-corrected chi connectivity index (χ3v) is 5.82. The van der Waals surface area contributed by atoms with E-state index in [-0.39, 0.29) is 5.41 Å². The van der Waals surface area contributed by atoms with Gasteiger partial charge in [0.15, 0.2) is 5.78 Å². The predicted molar refractivity (Wildman–Crippen MR) is 94.7 cm³/mol. The SMILES string of the molecule is CC1CCC(C(C)C)C(/C=C/[C@@]2(C)CCC/C=C\C(=O)C2)C1. The summed E-state index contributed by atoms with van der Waals surface area (Å²) < 4.78 is 0. The van der Waals surface area contributed by atoms with Crippen molar-refractivity contribution >= 4 is 5.78 Å². The molecule has 4 atom stereocenters. The Bertz CT molecular complexity index is 431. The van der Waals surface area contributed by atoms with Gasteiger partial charge in [0, 0.05) is 6.42 Å². The molecule has 0 saturated heterocycles. The van der Waals surface area contributed by atoms with Gasteiger partial charge in [-0.25, -0.2) is 0 Å². The van der Waals surface area contributed by atoms with Crippen LogP contribution in [0.2, 0.25) is 0 Å². The molecule has 0 aromatic rings. The Labute approximate surface area is 137 Å². The highest BCUT2D eigenvalue weighted by Gasteiger charge is 2.30. The number of carbonyl (C=O) groups is 1. The van der Waals surface area contributed by atoms with Crippen molar-refractivity contribution in [1.82, 2.24) is 0 Å². The molecule has 0 amide bonds. The van der Waals surface area contributed by atoms with Gasteiger partial charge in [-0.1, -0.05) is 52.3 Å². The Balaban J connectivity index is 2.09. The standard InChI is InChI=1S/C21H34O/c1-16(2)20-10-9-17(3)14-18(20)11-13-21(4)12-7-5-6-8-19(22)15-21/h6,8,11,13,16-18,20H,5,7,9-10,12,14-15H2,1-4H3/b8-6-,13-11+/t17?,18?,20?,21-/m1/s1. The second-order valence-electron chi connectivity index (χ2n) is 8.44. The molecule has 0 aromatic heterocycles. The van der Waals surface area contributed by atoms with E-state index in [0.717, 1.165) is 30.6 Å². The van der Waals surface area contributed by atoms with Crippen LogP contribution in [0.3, 0.4) is 0 Å². The number of rotatable bonds is 3. The zero-order chi connectivity index (χ0) is 16.2. The zero-order valence-corrected chi connectivity index (χ0v) is 15.0. The van der Waals surface area contributed by atoms with Gasteiger partial charge in [0.05, 0.1) is 0 Å². The average molecular weight is 303 g/mol. The minimum absolute atomic E-state index is 0.0596. The van der Waals surface area contributed by atoms with Crippen molar-refractivity contribution in [1.29, 1.82) is 0 Å². The Morgan fingerprint density at radius 3 is 2.82 bits per heavy atom. The highest BCUT2D eigenvalue weighted by molar-refractivity contribution is 5.90. The predicted octanol–water partition coefficient (Wildman–Crippen LogP) is 5.96. The van der Waals surface area contributed by atoms with E-state index in [9.17, 15) is 4.79 Å². The lowest BCUT2D eigenvalue weighted by atomic mass is 9.69. The maximum atomic E-state index is 12.0. The maximum absolute atomic E-state index is 12.0. The van der Waals surface area contributed by atoms with Crippen LogP contribution in [0.4, 0.5) is 0 Å². The minimum atomic E-state index is 0.0596. The molecule has 1 fully saturated rings. The number of carbonyl (C=O) groups excluding carboxylic acids is 1. The van der Waals surface area contributed by atoms with Gasteiger partial charge in [-0.05, 0) is 67.3 Å². The molecule has 22 heavy (non-hydrogen) atoms. The van der Waals surface area contributed by atoms with Crippen LogP contribution in [0.1, 0.15) is 72.6 Å². The van der Waals surface area contributed by atoms with E-state index >= 15 is 0 Å². The summed E-state index contributed by atoms with van der Waals surface area (Å²) in [4.78, 5) is 12.0. The first-order valence-electron chi connectivity index (χ1n) is 9.28. The number of allylic oxidation sites excluding steroid dienone is 4. The quantitative estimate of drug-likeness (QED) is 0.588. The van der Waals surface area contributed by atoms with Crippen LogP contribution < -0.4 is 0 Å². The van der Waals surface area contributed by atoms with Crippen LogP contribution >= 0.6 is 0 Å². The molecular formula is C21H34O. The first kappa shape index (κ1) is 17.5. The summed E-state index contributed by atoms with van der Waals surface area (Å²) in [6, 6.07) is 0. The fraction of sp³-hybridized carbons (Fsp3) is 0.762. The fourth-order valence-corrected chi connectivity index (χ4v) is 4.38. The molecular weight excluding hydrogens is 268 g/mol. The van der Waals surface area contributed by atoms with Gasteiger partial charge in [-0.3, -0.25) is 4.79 Å². The second-order valence-corrected chi connectivity index (χ2v) is 8.44. The van der Waals surface area contributed by atoms with Crippen molar-refractivity contribution < 1.29 is 4.79 Å². The van der Waals surface area contributed by atoms with Gasteiger partial charge in [0.2, 0.25) is 0 Å². The van der Waals surface area contributed by atoms with E-state index in [2.05, 4.69) is 39.8 Å². The molecule has 0 heterocycles. The Morgan fingerprint density at radius 1 is 1.32 bits per heavy atom. The van der Waals surface area contributed by atoms with E-state index in [1.807, 2.05) is 6.08 Å². The van der Waals surface area contributed by atoms with Crippen molar-refractivity contribution in [3.05, 3.63) is 24.3 Å². The summed E-state index contributed by atoms with van der Waals surface area (Å²) in [5.41, 5.74) is 0.0596. The zero-order valence-electron chi connectivity index (χ0n) is 15.0. The molecule has 0 aromatic carbocycles. The molecule has 2 rings (SSSR count). The summed E-state index contributed by atoms with van der Waals surface area (Å²) in [6.45, 7) is 9.40. The van der Waals surface area contributed by atoms with Gasteiger partial charge >= 0.3 is 0 Å². The van der Waals surface area contributed by atoms with Crippen LogP contribution in [-0.2, 0) is 4.79 Å². The van der Waals surface area contributed by atoms with E-state index < -0.39 is 0 Å². The van der Waals surface area contributed by atoms with Gasteiger partial charge in [-0.15, -0.1) is 0 Å². The molecule has 0 bridgehead atoms. The van der Waals surface area contributed by atoms with Gasteiger partial charge in [-0.2, -0.15) is 0 Å². The number of hydrogen-bond donors (Lipinski definition) is 0. The summed E-state index contributed by atoms with van der Waals surface area (Å²) >= 11 is 0. The van der Waals surface area contributed by atoms with Crippen molar-refractivity contribution in [3.63, 3.8) is 0 Å². The maximum Gasteiger partial charge on any atom is 0.156 e. The number of ketones is 1. The van der Waals surface area contributed by atoms with Gasteiger partial charge < -0.3 is 0 Å². The number of hydrogen-bond acceptors (Lipinski definition) is 1. The summed E-state index contributed by atoms with van der Waals surface area (Å²) in [6.07, 6.45) is 16.9. The highest BCUT2D eigenvalue weighted by atomic mass is 16.1. The van der Waals surface area contributed by atoms with Crippen LogP contribution in [0.15, 0.2) is 24.3 Å². The Kier molecular flexibility index (Phi) is 6.06. The van der Waals surface area contributed by atoms with Crippen molar-refractivity contribution in [2.45, 2.75) is 72.6 Å². The molecule has 0 N–H and O–H groups in total. The summed E-state index contributed by atoms with van der Waals surface area (Å²) in [5.74, 6) is 3.43. The van der Waals surface area contributed by atoms with E-state index in [1.54, 1.807) is 6.08 Å². The van der Waals surface area contributed by atoms with Crippen molar-refractivity contribution in [2.24, 2.45) is 29.1 Å². The summed E-state index contributed by atoms with van der Waals surface area (Å²) in [5, 5.41) is 0. The monoisotopic (exact) mass is 302 g/mol. The summed E-state index contributed by atoms with van der Waals surface area (Å²) in [7, 11) is 0. The van der Waals surface area contributed by atoms with E-state index in [0.29, 0.717) is 18.1 Å². The fourth-order valence-electron chi connectivity index (χ4n) is 4.38.